The van der Waals surface area contributed by atoms with Gasteiger partial charge in [0.1, 0.15) is 23.1 Å². The van der Waals surface area contributed by atoms with E-state index in [-0.39, 0.29) is 5.82 Å². The molecule has 6 heteroatoms. The van der Waals surface area contributed by atoms with E-state index < -0.39 is 0 Å². The molecule has 0 unspecified atom stereocenters. The van der Waals surface area contributed by atoms with Crippen molar-refractivity contribution in [3.63, 3.8) is 0 Å². The SMILES string of the molecule is N#Cc1c[nH]n2c(NC3CCCCCC3)c(-c3ccccc3F)nc12. The summed E-state index contributed by atoms with van der Waals surface area (Å²) in [4.78, 5) is 4.57. The molecule has 3 aromatic rings. The number of hydrogen-bond donors (Lipinski definition) is 2. The van der Waals surface area contributed by atoms with E-state index in [0.717, 1.165) is 18.7 Å². The zero-order valence-corrected chi connectivity index (χ0v) is 13.9. The van der Waals surface area contributed by atoms with E-state index in [2.05, 4.69) is 21.5 Å². The number of hydrogen-bond acceptors (Lipinski definition) is 3. The minimum Gasteiger partial charge on any atom is -0.365 e. The summed E-state index contributed by atoms with van der Waals surface area (Å²) in [5, 5.41) is 15.9. The zero-order chi connectivity index (χ0) is 17.2. The van der Waals surface area contributed by atoms with Crippen LogP contribution in [0.2, 0.25) is 0 Å². The number of nitrogens with zero attached hydrogens (tertiary/aromatic N) is 3. The van der Waals surface area contributed by atoms with Crippen LogP contribution >= 0.6 is 0 Å². The number of benzene rings is 1. The first-order valence-electron chi connectivity index (χ1n) is 8.79. The van der Waals surface area contributed by atoms with Gasteiger partial charge in [-0.3, -0.25) is 5.10 Å². The summed E-state index contributed by atoms with van der Waals surface area (Å²) in [6.07, 6.45) is 8.74. The van der Waals surface area contributed by atoms with E-state index in [1.54, 1.807) is 28.9 Å². The van der Waals surface area contributed by atoms with Gasteiger partial charge in [-0.15, -0.1) is 0 Å². The Bertz CT molecular complexity index is 925. The topological polar surface area (TPSA) is 68.9 Å². The Morgan fingerprint density at radius 3 is 2.68 bits per heavy atom. The van der Waals surface area contributed by atoms with Crippen molar-refractivity contribution in [3.8, 4) is 17.3 Å². The molecule has 0 amide bonds. The summed E-state index contributed by atoms with van der Waals surface area (Å²) in [5.41, 5.74) is 1.97. The molecule has 1 saturated carbocycles. The lowest BCUT2D eigenvalue weighted by molar-refractivity contribution is 0.615. The van der Waals surface area contributed by atoms with E-state index in [1.165, 1.54) is 31.7 Å². The van der Waals surface area contributed by atoms with Crippen molar-refractivity contribution in [3.05, 3.63) is 41.8 Å². The molecular weight excluding hydrogens is 317 g/mol. The highest BCUT2D eigenvalue weighted by atomic mass is 19.1. The van der Waals surface area contributed by atoms with Crippen molar-refractivity contribution >= 4 is 11.5 Å². The summed E-state index contributed by atoms with van der Waals surface area (Å²) in [5.74, 6) is 0.416. The van der Waals surface area contributed by atoms with Crippen molar-refractivity contribution in [2.24, 2.45) is 0 Å². The highest BCUT2D eigenvalue weighted by Crippen LogP contribution is 2.33. The third-order valence-electron chi connectivity index (χ3n) is 4.90. The summed E-state index contributed by atoms with van der Waals surface area (Å²) in [6, 6.07) is 9.09. The number of nitriles is 1. The Labute approximate surface area is 145 Å². The fourth-order valence-corrected chi connectivity index (χ4v) is 3.59. The van der Waals surface area contributed by atoms with Crippen LogP contribution in [0, 0.1) is 17.1 Å². The maximum Gasteiger partial charge on any atom is 0.173 e. The number of anilines is 1. The van der Waals surface area contributed by atoms with Crippen molar-refractivity contribution in [2.75, 3.05) is 5.32 Å². The van der Waals surface area contributed by atoms with Crippen LogP contribution in [0.15, 0.2) is 30.5 Å². The van der Waals surface area contributed by atoms with E-state index in [1.807, 2.05) is 0 Å². The van der Waals surface area contributed by atoms with Crippen LogP contribution in [0.4, 0.5) is 10.2 Å². The molecule has 4 rings (SSSR count). The van der Waals surface area contributed by atoms with Gasteiger partial charge in [-0.2, -0.15) is 5.26 Å². The van der Waals surface area contributed by atoms with Gasteiger partial charge in [0.05, 0.1) is 0 Å². The van der Waals surface area contributed by atoms with Crippen LogP contribution in [-0.2, 0) is 0 Å². The molecule has 0 saturated heterocycles. The molecule has 1 aliphatic carbocycles. The van der Waals surface area contributed by atoms with Crippen molar-refractivity contribution < 1.29 is 4.39 Å². The second-order valence-electron chi connectivity index (χ2n) is 6.58. The standard InChI is InChI=1S/C19H20FN5/c20-16-10-6-5-9-15(16)17-19(23-14-7-3-1-2-4-8-14)25-18(24-17)13(11-21)12-22-25/h5-6,9-10,12,14,22-23H,1-4,7-8H2. The first-order chi connectivity index (χ1) is 12.3. The number of aromatic nitrogens is 3. The van der Waals surface area contributed by atoms with Gasteiger partial charge in [0.2, 0.25) is 0 Å². The maximum absolute atomic E-state index is 14.4. The van der Waals surface area contributed by atoms with Gasteiger partial charge in [-0.25, -0.2) is 13.9 Å². The van der Waals surface area contributed by atoms with Crippen LogP contribution in [0.1, 0.15) is 44.1 Å². The molecule has 0 radical (unpaired) electrons. The molecule has 1 aromatic carbocycles. The van der Waals surface area contributed by atoms with Gasteiger partial charge >= 0.3 is 0 Å². The summed E-state index contributed by atoms with van der Waals surface area (Å²) >= 11 is 0. The molecule has 5 nitrogen and oxygen atoms in total. The fourth-order valence-electron chi connectivity index (χ4n) is 3.59. The third kappa shape index (κ3) is 2.86. The van der Waals surface area contributed by atoms with Gasteiger partial charge < -0.3 is 5.32 Å². The second kappa shape index (κ2) is 6.60. The Morgan fingerprint density at radius 2 is 1.96 bits per heavy atom. The molecule has 0 spiro atoms. The lowest BCUT2D eigenvalue weighted by Gasteiger charge is -2.18. The van der Waals surface area contributed by atoms with Gasteiger partial charge in [0.25, 0.3) is 0 Å². The lowest BCUT2D eigenvalue weighted by Crippen LogP contribution is -2.20. The molecule has 128 valence electrons. The van der Waals surface area contributed by atoms with E-state index in [4.69, 9.17) is 0 Å². The molecule has 2 aromatic heterocycles. The molecule has 0 aliphatic heterocycles. The summed E-state index contributed by atoms with van der Waals surface area (Å²) in [6.45, 7) is 0. The van der Waals surface area contributed by atoms with Gasteiger partial charge in [-0.05, 0) is 25.0 Å². The van der Waals surface area contributed by atoms with Crippen LogP contribution < -0.4 is 5.32 Å². The molecule has 0 atom stereocenters. The lowest BCUT2D eigenvalue weighted by atomic mass is 10.1. The number of nitrogens with one attached hydrogen (secondary N) is 2. The molecule has 1 fully saturated rings. The van der Waals surface area contributed by atoms with E-state index >= 15 is 0 Å². The molecule has 2 N–H and O–H groups in total. The summed E-state index contributed by atoms with van der Waals surface area (Å²) < 4.78 is 16.1. The number of fused-ring (bicyclic) bond motifs is 1. The number of rotatable bonds is 3. The molecule has 25 heavy (non-hydrogen) atoms. The number of H-pyrrole nitrogens is 1. The third-order valence-corrected chi connectivity index (χ3v) is 4.90. The van der Waals surface area contributed by atoms with Crippen LogP contribution in [0.3, 0.4) is 0 Å². The van der Waals surface area contributed by atoms with Crippen molar-refractivity contribution in [1.82, 2.24) is 14.6 Å². The van der Waals surface area contributed by atoms with Gasteiger partial charge in [0, 0.05) is 17.8 Å². The minimum absolute atomic E-state index is 0.314. The number of aromatic amines is 1. The predicted molar refractivity (Wildman–Crippen MR) is 94.8 cm³/mol. The average molecular weight is 337 g/mol. The predicted octanol–water partition coefficient (Wildman–Crippen LogP) is 4.47. The quantitative estimate of drug-likeness (QED) is 0.693. The van der Waals surface area contributed by atoms with Crippen LogP contribution in [0.25, 0.3) is 16.9 Å². The fraction of sp³-hybridized carbons (Fsp3) is 0.368. The normalized spacial score (nSPS) is 15.8. The van der Waals surface area contributed by atoms with Crippen molar-refractivity contribution in [1.29, 1.82) is 5.26 Å². The first-order valence-corrected chi connectivity index (χ1v) is 8.79. The second-order valence-corrected chi connectivity index (χ2v) is 6.58. The molecule has 2 heterocycles. The Hall–Kier alpha value is -2.81. The zero-order valence-electron chi connectivity index (χ0n) is 13.9. The Morgan fingerprint density at radius 1 is 1.20 bits per heavy atom. The van der Waals surface area contributed by atoms with E-state index in [9.17, 15) is 9.65 Å². The average Bonchev–Trinajstić information content (AvgIpc) is 3.06. The van der Waals surface area contributed by atoms with Crippen molar-refractivity contribution in [2.45, 2.75) is 44.6 Å². The maximum atomic E-state index is 14.4. The Kier molecular flexibility index (Phi) is 4.14. The number of halogens is 1. The van der Waals surface area contributed by atoms with Gasteiger partial charge in [-0.1, -0.05) is 37.8 Å². The highest BCUT2D eigenvalue weighted by Gasteiger charge is 2.22. The smallest absolute Gasteiger partial charge is 0.173 e. The van der Waals surface area contributed by atoms with Gasteiger partial charge in [0.15, 0.2) is 11.5 Å². The highest BCUT2D eigenvalue weighted by molar-refractivity contribution is 5.78. The number of imidazole rings is 1. The first kappa shape index (κ1) is 15.7. The monoisotopic (exact) mass is 337 g/mol. The van der Waals surface area contributed by atoms with Crippen LogP contribution in [-0.4, -0.2) is 20.6 Å². The largest absolute Gasteiger partial charge is 0.365 e. The van der Waals surface area contributed by atoms with E-state index in [0.29, 0.717) is 28.5 Å². The molecule has 0 bridgehead atoms. The van der Waals surface area contributed by atoms with Crippen LogP contribution in [0.5, 0.6) is 0 Å². The molecule has 1 aliphatic rings. The Balaban J connectivity index is 1.82. The minimum atomic E-state index is -0.314. The molecular formula is C19H20FN5. The summed E-state index contributed by atoms with van der Waals surface area (Å²) in [7, 11) is 0.